The molecule has 18 heavy (non-hydrogen) atoms. The van der Waals surface area contributed by atoms with Crippen molar-refractivity contribution < 1.29 is 14.3 Å². The highest BCUT2D eigenvalue weighted by atomic mass is 16.5. The van der Waals surface area contributed by atoms with Crippen molar-refractivity contribution in [3.8, 4) is 5.75 Å². The highest BCUT2D eigenvalue weighted by Crippen LogP contribution is 2.16. The van der Waals surface area contributed by atoms with Crippen LogP contribution in [0.2, 0.25) is 0 Å². The smallest absolute Gasteiger partial charge is 0.305 e. The number of aryl methyl sites for hydroxylation is 2. The minimum atomic E-state index is -0.134. The molecule has 0 amide bonds. The Morgan fingerprint density at radius 2 is 1.89 bits per heavy atom. The summed E-state index contributed by atoms with van der Waals surface area (Å²) in [5, 5.41) is 0. The van der Waals surface area contributed by atoms with Crippen molar-refractivity contribution in [3.05, 3.63) is 29.3 Å². The molecule has 0 aromatic heterocycles. The molecular formula is C15H22O3. The van der Waals surface area contributed by atoms with Crippen molar-refractivity contribution in [3.63, 3.8) is 0 Å². The van der Waals surface area contributed by atoms with Crippen LogP contribution in [0.15, 0.2) is 18.2 Å². The average molecular weight is 250 g/mol. The zero-order chi connectivity index (χ0) is 13.4. The zero-order valence-corrected chi connectivity index (χ0v) is 11.5. The van der Waals surface area contributed by atoms with Crippen LogP contribution in [0, 0.1) is 13.8 Å². The fraction of sp³-hybridized carbons (Fsp3) is 0.533. The van der Waals surface area contributed by atoms with Gasteiger partial charge < -0.3 is 9.47 Å². The summed E-state index contributed by atoms with van der Waals surface area (Å²) in [6, 6.07) is 6.13. The SMILES string of the molecule is COC(=O)CCCCCOc1ccc(C)c(C)c1. The third kappa shape index (κ3) is 5.21. The van der Waals surface area contributed by atoms with Crippen LogP contribution in [-0.4, -0.2) is 19.7 Å². The molecule has 0 spiro atoms. The van der Waals surface area contributed by atoms with Crippen molar-refractivity contribution >= 4 is 5.97 Å². The van der Waals surface area contributed by atoms with E-state index in [2.05, 4.69) is 30.7 Å². The Morgan fingerprint density at radius 3 is 2.56 bits per heavy atom. The van der Waals surface area contributed by atoms with Crippen LogP contribution in [0.4, 0.5) is 0 Å². The molecule has 3 heteroatoms. The maximum absolute atomic E-state index is 10.9. The van der Waals surface area contributed by atoms with Gasteiger partial charge in [-0.15, -0.1) is 0 Å². The van der Waals surface area contributed by atoms with Gasteiger partial charge in [-0.05, 0) is 56.4 Å². The molecule has 1 rings (SSSR count). The molecule has 0 saturated carbocycles. The molecule has 100 valence electrons. The van der Waals surface area contributed by atoms with E-state index in [4.69, 9.17) is 4.74 Å². The Kier molecular flexibility index (Phi) is 6.26. The van der Waals surface area contributed by atoms with E-state index >= 15 is 0 Å². The molecule has 0 aliphatic carbocycles. The number of hydrogen-bond donors (Lipinski definition) is 0. The van der Waals surface area contributed by atoms with Gasteiger partial charge in [0.05, 0.1) is 13.7 Å². The summed E-state index contributed by atoms with van der Waals surface area (Å²) in [6.07, 6.45) is 3.31. The Bertz CT molecular complexity index is 385. The molecule has 0 heterocycles. The largest absolute Gasteiger partial charge is 0.494 e. The Hall–Kier alpha value is -1.51. The maximum Gasteiger partial charge on any atom is 0.305 e. The van der Waals surface area contributed by atoms with Crippen LogP contribution < -0.4 is 4.74 Å². The van der Waals surface area contributed by atoms with Crippen molar-refractivity contribution in [2.75, 3.05) is 13.7 Å². The predicted molar refractivity (Wildman–Crippen MR) is 71.9 cm³/mol. The normalized spacial score (nSPS) is 10.2. The Balaban J connectivity index is 2.14. The lowest BCUT2D eigenvalue weighted by Crippen LogP contribution is -2.01. The fourth-order valence-corrected chi connectivity index (χ4v) is 1.64. The monoisotopic (exact) mass is 250 g/mol. The molecule has 0 aliphatic heterocycles. The first-order chi connectivity index (χ1) is 8.63. The second kappa shape index (κ2) is 7.75. The number of methoxy groups -OCH3 is 1. The molecule has 0 fully saturated rings. The van der Waals surface area contributed by atoms with Crippen molar-refractivity contribution in [1.82, 2.24) is 0 Å². The predicted octanol–water partition coefficient (Wildman–Crippen LogP) is 3.42. The molecule has 0 atom stereocenters. The van der Waals surface area contributed by atoms with E-state index in [-0.39, 0.29) is 5.97 Å². The molecular weight excluding hydrogens is 228 g/mol. The van der Waals surface area contributed by atoms with Gasteiger partial charge in [0.1, 0.15) is 5.75 Å². The van der Waals surface area contributed by atoms with E-state index in [1.54, 1.807) is 0 Å². The van der Waals surface area contributed by atoms with Crippen LogP contribution >= 0.6 is 0 Å². The number of rotatable bonds is 7. The first-order valence-corrected chi connectivity index (χ1v) is 6.40. The first-order valence-electron chi connectivity index (χ1n) is 6.40. The summed E-state index contributed by atoms with van der Waals surface area (Å²) in [5.74, 6) is 0.788. The Labute approximate surface area is 109 Å². The number of carbonyl (C=O) groups is 1. The highest BCUT2D eigenvalue weighted by Gasteiger charge is 2.00. The zero-order valence-electron chi connectivity index (χ0n) is 11.5. The van der Waals surface area contributed by atoms with Gasteiger partial charge in [-0.2, -0.15) is 0 Å². The molecule has 3 nitrogen and oxygen atoms in total. The van der Waals surface area contributed by atoms with Gasteiger partial charge >= 0.3 is 5.97 Å². The number of carbonyl (C=O) groups excluding carboxylic acids is 1. The van der Waals surface area contributed by atoms with E-state index in [1.807, 2.05) is 6.07 Å². The van der Waals surface area contributed by atoms with Crippen LogP contribution in [0.5, 0.6) is 5.75 Å². The van der Waals surface area contributed by atoms with Crippen LogP contribution in [-0.2, 0) is 9.53 Å². The molecule has 1 aromatic rings. The van der Waals surface area contributed by atoms with Crippen molar-refractivity contribution in [1.29, 1.82) is 0 Å². The summed E-state index contributed by atoms with van der Waals surface area (Å²) >= 11 is 0. The van der Waals surface area contributed by atoms with Crippen LogP contribution in [0.3, 0.4) is 0 Å². The minimum absolute atomic E-state index is 0.134. The lowest BCUT2D eigenvalue weighted by atomic mass is 10.1. The van der Waals surface area contributed by atoms with Gasteiger partial charge in [0.15, 0.2) is 0 Å². The van der Waals surface area contributed by atoms with Gasteiger partial charge in [-0.3, -0.25) is 4.79 Å². The van der Waals surface area contributed by atoms with Gasteiger partial charge in [-0.25, -0.2) is 0 Å². The lowest BCUT2D eigenvalue weighted by molar-refractivity contribution is -0.140. The molecule has 0 unspecified atom stereocenters. The fourth-order valence-electron chi connectivity index (χ4n) is 1.64. The summed E-state index contributed by atoms with van der Waals surface area (Å²) in [6.45, 7) is 4.87. The van der Waals surface area contributed by atoms with Gasteiger partial charge in [-0.1, -0.05) is 6.07 Å². The van der Waals surface area contributed by atoms with Crippen LogP contribution in [0.1, 0.15) is 36.8 Å². The van der Waals surface area contributed by atoms with Crippen molar-refractivity contribution in [2.24, 2.45) is 0 Å². The van der Waals surface area contributed by atoms with E-state index in [1.165, 1.54) is 18.2 Å². The molecule has 0 radical (unpaired) electrons. The number of ether oxygens (including phenoxy) is 2. The van der Waals surface area contributed by atoms with E-state index in [0.29, 0.717) is 13.0 Å². The third-order valence-corrected chi connectivity index (χ3v) is 3.00. The summed E-state index contributed by atoms with van der Waals surface area (Å²) in [7, 11) is 1.42. The lowest BCUT2D eigenvalue weighted by Gasteiger charge is -2.08. The van der Waals surface area contributed by atoms with Gasteiger partial charge in [0.25, 0.3) is 0 Å². The molecule has 0 N–H and O–H groups in total. The average Bonchev–Trinajstić information content (AvgIpc) is 2.37. The minimum Gasteiger partial charge on any atom is -0.494 e. The van der Waals surface area contributed by atoms with Gasteiger partial charge in [0, 0.05) is 6.42 Å². The quantitative estimate of drug-likeness (QED) is 0.549. The van der Waals surface area contributed by atoms with Crippen molar-refractivity contribution in [2.45, 2.75) is 39.5 Å². The topological polar surface area (TPSA) is 35.5 Å². The summed E-state index contributed by atoms with van der Waals surface area (Å²) in [5.41, 5.74) is 2.53. The van der Waals surface area contributed by atoms with Gasteiger partial charge in [0.2, 0.25) is 0 Å². The molecule has 0 bridgehead atoms. The number of benzene rings is 1. The number of esters is 1. The second-order valence-electron chi connectivity index (χ2n) is 4.48. The highest BCUT2D eigenvalue weighted by molar-refractivity contribution is 5.68. The maximum atomic E-state index is 10.9. The summed E-state index contributed by atoms with van der Waals surface area (Å²) < 4.78 is 10.2. The molecule has 0 saturated heterocycles. The van der Waals surface area contributed by atoms with E-state index < -0.39 is 0 Å². The summed E-state index contributed by atoms with van der Waals surface area (Å²) in [4.78, 5) is 10.9. The van der Waals surface area contributed by atoms with E-state index in [0.717, 1.165) is 25.0 Å². The number of hydrogen-bond acceptors (Lipinski definition) is 3. The number of unbranched alkanes of at least 4 members (excludes halogenated alkanes) is 2. The Morgan fingerprint density at radius 1 is 1.11 bits per heavy atom. The van der Waals surface area contributed by atoms with Crippen LogP contribution in [0.25, 0.3) is 0 Å². The first kappa shape index (κ1) is 14.6. The molecule has 1 aromatic carbocycles. The third-order valence-electron chi connectivity index (χ3n) is 3.00. The molecule has 0 aliphatic rings. The van der Waals surface area contributed by atoms with E-state index in [9.17, 15) is 4.79 Å². The standard InChI is InChI=1S/C15H22O3/c1-12-8-9-14(11-13(12)2)18-10-6-4-5-7-15(16)17-3/h8-9,11H,4-7,10H2,1-3H3. The second-order valence-corrected chi connectivity index (χ2v) is 4.48.